The smallest absolute Gasteiger partial charge is 0.270 e. The van der Waals surface area contributed by atoms with Crippen molar-refractivity contribution in [2.45, 2.75) is 50.4 Å². The lowest BCUT2D eigenvalue weighted by molar-refractivity contribution is -0.0240. The molecule has 2 fully saturated rings. The first kappa shape index (κ1) is 23.3. The number of nitrogens with one attached hydrogen (secondary N) is 3. The average molecular weight is 490 g/mol. The molecule has 0 saturated heterocycles. The molecule has 35 heavy (non-hydrogen) atoms. The number of carbonyl (C=O) groups is 1. The van der Waals surface area contributed by atoms with E-state index in [-0.39, 0.29) is 23.0 Å². The van der Waals surface area contributed by atoms with Crippen molar-refractivity contribution in [1.82, 2.24) is 24.9 Å². The Hall–Kier alpha value is -3.41. The molecule has 0 bridgehead atoms. The number of fused-ring (bicyclic) bond motifs is 2. The molecule has 2 aliphatic rings. The van der Waals surface area contributed by atoms with Crippen molar-refractivity contribution in [3.8, 4) is 0 Å². The topological polar surface area (TPSA) is 116 Å². The number of alkyl halides is 3. The van der Waals surface area contributed by atoms with Gasteiger partial charge in [0.05, 0.1) is 35.6 Å². The zero-order chi connectivity index (χ0) is 25.0. The van der Waals surface area contributed by atoms with Gasteiger partial charge < -0.3 is 21.1 Å². The Morgan fingerprint density at radius 3 is 2.83 bits per heavy atom. The summed E-state index contributed by atoms with van der Waals surface area (Å²) in [5.41, 5.74) is -0.900. The summed E-state index contributed by atoms with van der Waals surface area (Å²) in [7, 11) is 0. The lowest BCUT2D eigenvalue weighted by Crippen LogP contribution is -2.42. The number of aliphatic hydroxyl groups is 1. The summed E-state index contributed by atoms with van der Waals surface area (Å²) in [5.74, 6) is -3.51. The van der Waals surface area contributed by atoms with Gasteiger partial charge in [-0.3, -0.25) is 4.79 Å². The van der Waals surface area contributed by atoms with E-state index in [0.717, 1.165) is 0 Å². The molecule has 2 aliphatic carbocycles. The summed E-state index contributed by atoms with van der Waals surface area (Å²) < 4.78 is 45.2. The summed E-state index contributed by atoms with van der Waals surface area (Å²) in [6.45, 7) is 2.14. The van der Waals surface area contributed by atoms with Crippen LogP contribution in [0.2, 0.25) is 0 Å². The van der Waals surface area contributed by atoms with Gasteiger partial charge in [0, 0.05) is 30.4 Å². The largest absolute Gasteiger partial charge is 0.387 e. The molecule has 0 radical (unpaired) electrons. The number of pyridine rings is 1. The molecule has 9 nitrogen and oxygen atoms in total. The molecule has 12 heteroatoms. The minimum atomic E-state index is -2.89. The maximum Gasteiger partial charge on any atom is 0.270 e. The number of hydrogen-bond donors (Lipinski definition) is 4. The maximum absolute atomic E-state index is 14.7. The Morgan fingerprint density at radius 2 is 2.11 bits per heavy atom. The number of aromatic nitrogens is 4. The highest BCUT2D eigenvalue weighted by Crippen LogP contribution is 2.60. The van der Waals surface area contributed by atoms with Gasteiger partial charge >= 0.3 is 0 Å². The van der Waals surface area contributed by atoms with Gasteiger partial charge in [0.1, 0.15) is 17.8 Å². The molecule has 5 rings (SSSR count). The van der Waals surface area contributed by atoms with E-state index in [1.807, 2.05) is 0 Å². The number of amides is 1. The van der Waals surface area contributed by atoms with Crippen LogP contribution in [0.4, 0.5) is 30.5 Å². The zero-order valence-corrected chi connectivity index (χ0v) is 19.2. The van der Waals surface area contributed by atoms with Crippen LogP contribution in [0.5, 0.6) is 0 Å². The summed E-state index contributed by atoms with van der Waals surface area (Å²) in [6, 6.07) is 3.73. The lowest BCUT2D eigenvalue weighted by Gasteiger charge is -2.26. The Bertz CT molecular complexity index is 1260. The van der Waals surface area contributed by atoms with E-state index in [1.54, 1.807) is 29.0 Å². The Balaban J connectivity index is 1.39. The fourth-order valence-corrected chi connectivity index (χ4v) is 4.41. The van der Waals surface area contributed by atoms with Gasteiger partial charge in [-0.05, 0) is 38.7 Å². The lowest BCUT2D eigenvalue weighted by atomic mass is 10.0. The van der Waals surface area contributed by atoms with Crippen LogP contribution in [0.25, 0.3) is 5.65 Å². The number of hydrogen-bond acceptors (Lipinski definition) is 7. The highest BCUT2D eigenvalue weighted by atomic mass is 19.3. The normalized spacial score (nSPS) is 23.5. The number of anilines is 3. The molecule has 3 aromatic rings. The van der Waals surface area contributed by atoms with E-state index in [2.05, 4.69) is 31.0 Å². The second kappa shape index (κ2) is 8.36. The van der Waals surface area contributed by atoms with Gasteiger partial charge in [0.25, 0.3) is 11.8 Å². The van der Waals surface area contributed by atoms with Gasteiger partial charge in [0.2, 0.25) is 0 Å². The third-order valence-electron chi connectivity index (χ3n) is 6.62. The summed E-state index contributed by atoms with van der Waals surface area (Å²) in [5, 5.41) is 22.1. The molecular formula is C23H26F3N7O2. The molecule has 3 heterocycles. The van der Waals surface area contributed by atoms with Crippen molar-refractivity contribution in [2.24, 2.45) is 11.8 Å². The van der Waals surface area contributed by atoms with E-state index in [9.17, 15) is 23.1 Å². The maximum atomic E-state index is 14.7. The first-order chi connectivity index (χ1) is 16.5. The van der Waals surface area contributed by atoms with Gasteiger partial charge in [-0.1, -0.05) is 0 Å². The van der Waals surface area contributed by atoms with Crippen molar-refractivity contribution in [3.63, 3.8) is 0 Å². The van der Waals surface area contributed by atoms with Crippen molar-refractivity contribution in [1.29, 1.82) is 0 Å². The quantitative estimate of drug-likeness (QED) is 0.384. The summed E-state index contributed by atoms with van der Waals surface area (Å²) in [6.07, 6.45) is 3.64. The van der Waals surface area contributed by atoms with E-state index in [1.165, 1.54) is 26.1 Å². The van der Waals surface area contributed by atoms with Gasteiger partial charge in [-0.25, -0.2) is 27.7 Å². The number of rotatable bonds is 8. The standard InChI is InChI=1S/C23H26F3N7O2/c1-22(2,35)16(24)11-28-21(34)13-10-27-19(31-18-4-6-33-20(32-18)3-5-29-33)9-15(13)30-17-8-12-7-14(12)23(17,25)26/h3-6,9-10,12,14,16-17,35H,7-8,11H2,1-2H3,(H,28,34)(H2,27,30,31,32). The Kier molecular flexibility index (Phi) is 5.58. The van der Waals surface area contributed by atoms with Crippen LogP contribution in [0.15, 0.2) is 36.8 Å². The SMILES string of the molecule is CC(C)(O)C(F)CNC(=O)c1cnc(Nc2ccn3nccc3n2)cc1NC1CC2CC2C1(F)F. The van der Waals surface area contributed by atoms with Gasteiger partial charge in [-0.2, -0.15) is 5.10 Å². The molecule has 0 aliphatic heterocycles. The molecule has 0 spiro atoms. The molecule has 0 aromatic carbocycles. The molecule has 2 saturated carbocycles. The molecule has 4 atom stereocenters. The number of nitrogens with zero attached hydrogens (tertiary/aromatic N) is 4. The van der Waals surface area contributed by atoms with Crippen molar-refractivity contribution in [3.05, 3.63) is 42.4 Å². The van der Waals surface area contributed by atoms with Gasteiger partial charge in [0.15, 0.2) is 5.65 Å². The fraction of sp³-hybridized carbons (Fsp3) is 0.478. The molecule has 4 N–H and O–H groups in total. The zero-order valence-electron chi connectivity index (χ0n) is 19.2. The third-order valence-corrected chi connectivity index (χ3v) is 6.62. The van der Waals surface area contributed by atoms with E-state index in [4.69, 9.17) is 0 Å². The van der Waals surface area contributed by atoms with Crippen molar-refractivity contribution in [2.75, 3.05) is 17.2 Å². The van der Waals surface area contributed by atoms with Crippen LogP contribution in [-0.2, 0) is 0 Å². The minimum Gasteiger partial charge on any atom is -0.387 e. The third kappa shape index (κ3) is 4.62. The molecule has 3 aromatic heterocycles. The predicted molar refractivity (Wildman–Crippen MR) is 123 cm³/mol. The van der Waals surface area contributed by atoms with Crippen LogP contribution in [-0.4, -0.2) is 60.9 Å². The highest BCUT2D eigenvalue weighted by molar-refractivity contribution is 6.00. The van der Waals surface area contributed by atoms with E-state index < -0.39 is 42.1 Å². The average Bonchev–Trinajstić information content (AvgIpc) is 3.35. The van der Waals surface area contributed by atoms with Crippen LogP contribution in [0.3, 0.4) is 0 Å². The van der Waals surface area contributed by atoms with Crippen LogP contribution in [0, 0.1) is 11.8 Å². The van der Waals surface area contributed by atoms with Crippen LogP contribution < -0.4 is 16.0 Å². The second-order valence-electron chi connectivity index (χ2n) is 9.73. The fourth-order valence-electron chi connectivity index (χ4n) is 4.41. The van der Waals surface area contributed by atoms with Crippen molar-refractivity contribution >= 4 is 28.9 Å². The first-order valence-corrected chi connectivity index (χ1v) is 11.4. The van der Waals surface area contributed by atoms with Gasteiger partial charge in [-0.15, -0.1) is 0 Å². The van der Waals surface area contributed by atoms with Crippen LogP contribution >= 0.6 is 0 Å². The number of carbonyl (C=O) groups excluding carboxylic acids is 1. The molecule has 186 valence electrons. The molecular weight excluding hydrogens is 463 g/mol. The summed E-state index contributed by atoms with van der Waals surface area (Å²) >= 11 is 0. The van der Waals surface area contributed by atoms with Crippen LogP contribution in [0.1, 0.15) is 37.0 Å². The Morgan fingerprint density at radius 1 is 1.31 bits per heavy atom. The second-order valence-corrected chi connectivity index (χ2v) is 9.73. The molecule has 1 amide bonds. The predicted octanol–water partition coefficient (Wildman–Crippen LogP) is 3.16. The monoisotopic (exact) mass is 489 g/mol. The number of halogens is 3. The minimum absolute atomic E-state index is 0.00549. The van der Waals surface area contributed by atoms with Crippen molar-refractivity contribution < 1.29 is 23.1 Å². The highest BCUT2D eigenvalue weighted by Gasteiger charge is 2.65. The van der Waals surface area contributed by atoms with E-state index in [0.29, 0.717) is 24.3 Å². The summed E-state index contributed by atoms with van der Waals surface area (Å²) in [4.78, 5) is 21.4. The van der Waals surface area contributed by atoms with E-state index >= 15 is 0 Å². The first-order valence-electron chi connectivity index (χ1n) is 11.4. The Labute approximate surface area is 199 Å². The molecule has 4 unspecified atom stereocenters.